The van der Waals surface area contributed by atoms with Gasteiger partial charge in [0.25, 0.3) is 0 Å². The molecule has 1 aromatic carbocycles. The average molecular weight is 206 g/mol. The molecule has 0 atom stereocenters. The van der Waals surface area contributed by atoms with Gasteiger partial charge in [-0.1, -0.05) is 12.1 Å². The summed E-state index contributed by atoms with van der Waals surface area (Å²) in [5.41, 5.74) is 0.640. The Morgan fingerprint density at radius 3 is 2.38 bits per heavy atom. The van der Waals surface area contributed by atoms with Gasteiger partial charge in [-0.15, -0.1) is 0 Å². The first kappa shape index (κ1) is 10.1. The largest absolute Gasteiger partial charge is 0.341 e. The molecule has 0 saturated carbocycles. The van der Waals surface area contributed by atoms with Gasteiger partial charge >= 0.3 is 5.76 Å². The van der Waals surface area contributed by atoms with Crippen molar-refractivity contribution >= 4 is 9.84 Å². The van der Waals surface area contributed by atoms with Crippen LogP contribution in [0.5, 0.6) is 0 Å². The highest BCUT2D eigenvalue weighted by molar-refractivity contribution is 7.91. The molecule has 0 unspecified atom stereocenters. The normalized spacial score (nSPS) is 12.0. The second-order valence-electron chi connectivity index (χ2n) is 2.62. The number of hydrogen-bond donors (Lipinski definition) is 0. The maximum absolute atomic E-state index is 12.0. The van der Waals surface area contributed by atoms with Crippen LogP contribution in [0.2, 0.25) is 0 Å². The summed E-state index contributed by atoms with van der Waals surface area (Å²) in [6.45, 7) is 1.64. The number of halogens is 2. The first-order valence-electron chi connectivity index (χ1n) is 3.53. The highest BCUT2D eigenvalue weighted by atomic mass is 32.2. The van der Waals surface area contributed by atoms with Crippen LogP contribution in [0.25, 0.3) is 0 Å². The number of rotatable bonds is 2. The molecule has 0 N–H and O–H groups in total. The fourth-order valence-corrected chi connectivity index (χ4v) is 1.72. The molecule has 0 aliphatic rings. The van der Waals surface area contributed by atoms with E-state index < -0.39 is 15.6 Å². The standard InChI is InChI=1S/C8H8F2O2S/c1-6-3-2-4-7(5-6)13(11,12)8(9)10/h2-5,8H,1H3. The van der Waals surface area contributed by atoms with E-state index in [9.17, 15) is 17.2 Å². The minimum atomic E-state index is -4.43. The molecular formula is C8H8F2O2S. The summed E-state index contributed by atoms with van der Waals surface area (Å²) in [7, 11) is -4.43. The molecule has 0 aliphatic carbocycles. The van der Waals surface area contributed by atoms with Gasteiger partial charge in [0.15, 0.2) is 0 Å². The Hall–Kier alpha value is -0.970. The summed E-state index contributed by atoms with van der Waals surface area (Å²) in [5.74, 6) is -3.35. The Morgan fingerprint density at radius 2 is 1.92 bits per heavy atom. The molecular weight excluding hydrogens is 198 g/mol. The van der Waals surface area contributed by atoms with E-state index in [1.165, 1.54) is 12.1 Å². The first-order valence-corrected chi connectivity index (χ1v) is 5.08. The van der Waals surface area contributed by atoms with Crippen molar-refractivity contribution in [3.05, 3.63) is 29.8 Å². The Kier molecular flexibility index (Phi) is 2.66. The molecule has 2 nitrogen and oxygen atoms in total. The molecule has 0 radical (unpaired) electrons. The summed E-state index contributed by atoms with van der Waals surface area (Å²) >= 11 is 0. The fraction of sp³-hybridized carbons (Fsp3) is 0.250. The molecule has 1 rings (SSSR count). The van der Waals surface area contributed by atoms with E-state index in [-0.39, 0.29) is 4.90 Å². The van der Waals surface area contributed by atoms with E-state index in [1.54, 1.807) is 13.0 Å². The van der Waals surface area contributed by atoms with Crippen molar-refractivity contribution in [3.8, 4) is 0 Å². The second-order valence-corrected chi connectivity index (χ2v) is 4.54. The first-order chi connectivity index (χ1) is 5.94. The third-order valence-electron chi connectivity index (χ3n) is 1.55. The van der Waals surface area contributed by atoms with Crippen molar-refractivity contribution in [2.45, 2.75) is 17.6 Å². The summed E-state index contributed by atoms with van der Waals surface area (Å²) in [6, 6.07) is 5.46. The fourth-order valence-electron chi connectivity index (χ4n) is 0.895. The molecule has 0 amide bonds. The van der Waals surface area contributed by atoms with Gasteiger partial charge in [-0.2, -0.15) is 8.78 Å². The maximum atomic E-state index is 12.0. The molecule has 72 valence electrons. The Labute approximate surface area is 75.1 Å². The molecule has 0 fully saturated rings. The van der Waals surface area contributed by atoms with Gasteiger partial charge in [-0.05, 0) is 24.6 Å². The average Bonchev–Trinajstić information content (AvgIpc) is 2.04. The van der Waals surface area contributed by atoms with Gasteiger partial charge in [0.1, 0.15) is 0 Å². The number of aryl methyl sites for hydroxylation is 1. The molecule has 0 spiro atoms. The number of hydrogen-bond acceptors (Lipinski definition) is 2. The highest BCUT2D eigenvalue weighted by Crippen LogP contribution is 2.18. The smallest absolute Gasteiger partial charge is 0.218 e. The molecule has 5 heteroatoms. The predicted octanol–water partition coefficient (Wildman–Crippen LogP) is 1.99. The van der Waals surface area contributed by atoms with Crippen LogP contribution in [-0.2, 0) is 9.84 Å². The molecule has 0 bridgehead atoms. The van der Waals surface area contributed by atoms with E-state index in [1.807, 2.05) is 0 Å². The quantitative estimate of drug-likeness (QED) is 0.741. The highest BCUT2D eigenvalue weighted by Gasteiger charge is 2.26. The number of sulfone groups is 1. The lowest BCUT2D eigenvalue weighted by Gasteiger charge is -2.02. The van der Waals surface area contributed by atoms with Gasteiger partial charge in [0, 0.05) is 0 Å². The van der Waals surface area contributed by atoms with Gasteiger partial charge in [-0.25, -0.2) is 8.42 Å². The van der Waals surface area contributed by atoms with Crippen molar-refractivity contribution < 1.29 is 17.2 Å². The summed E-state index contributed by atoms with van der Waals surface area (Å²) in [4.78, 5) is -0.331. The molecule has 0 aliphatic heterocycles. The van der Waals surface area contributed by atoms with Crippen molar-refractivity contribution in [3.63, 3.8) is 0 Å². The van der Waals surface area contributed by atoms with Crippen LogP contribution >= 0.6 is 0 Å². The van der Waals surface area contributed by atoms with E-state index in [0.717, 1.165) is 6.07 Å². The third-order valence-corrected chi connectivity index (χ3v) is 2.93. The number of alkyl halides is 2. The van der Waals surface area contributed by atoms with Crippen molar-refractivity contribution in [2.75, 3.05) is 0 Å². The van der Waals surface area contributed by atoms with Gasteiger partial charge in [0.2, 0.25) is 9.84 Å². The third kappa shape index (κ3) is 2.03. The van der Waals surface area contributed by atoms with E-state index >= 15 is 0 Å². The van der Waals surface area contributed by atoms with Gasteiger partial charge < -0.3 is 0 Å². The minimum Gasteiger partial charge on any atom is -0.218 e. The van der Waals surface area contributed by atoms with Crippen LogP contribution in [0.1, 0.15) is 5.56 Å². The van der Waals surface area contributed by atoms with Crippen LogP contribution in [-0.4, -0.2) is 14.2 Å². The van der Waals surface area contributed by atoms with Crippen LogP contribution in [0.15, 0.2) is 29.2 Å². The monoisotopic (exact) mass is 206 g/mol. The van der Waals surface area contributed by atoms with E-state index in [4.69, 9.17) is 0 Å². The van der Waals surface area contributed by atoms with Gasteiger partial charge in [0.05, 0.1) is 4.90 Å². The molecule has 1 aromatic rings. The van der Waals surface area contributed by atoms with Crippen LogP contribution < -0.4 is 0 Å². The van der Waals surface area contributed by atoms with Crippen molar-refractivity contribution in [2.24, 2.45) is 0 Å². The van der Waals surface area contributed by atoms with Crippen molar-refractivity contribution in [1.82, 2.24) is 0 Å². The second kappa shape index (κ2) is 3.41. The summed E-state index contributed by atoms with van der Waals surface area (Å²) < 4.78 is 46.0. The summed E-state index contributed by atoms with van der Waals surface area (Å²) in [6.07, 6.45) is 0. The zero-order valence-corrected chi connectivity index (χ0v) is 7.68. The molecule has 13 heavy (non-hydrogen) atoms. The lowest BCUT2D eigenvalue weighted by atomic mass is 10.2. The van der Waals surface area contributed by atoms with E-state index in [0.29, 0.717) is 5.56 Å². The predicted molar refractivity (Wildman–Crippen MR) is 44.4 cm³/mol. The van der Waals surface area contributed by atoms with Gasteiger partial charge in [-0.3, -0.25) is 0 Å². The van der Waals surface area contributed by atoms with E-state index in [2.05, 4.69) is 0 Å². The zero-order valence-electron chi connectivity index (χ0n) is 6.87. The van der Waals surface area contributed by atoms with Crippen LogP contribution in [0, 0.1) is 6.92 Å². The Balaban J connectivity index is 3.24. The minimum absolute atomic E-state index is 0.331. The summed E-state index contributed by atoms with van der Waals surface area (Å²) in [5, 5.41) is 0. The molecule has 0 heterocycles. The SMILES string of the molecule is Cc1cccc(S(=O)(=O)C(F)F)c1. The lowest BCUT2D eigenvalue weighted by molar-refractivity contribution is 0.234. The maximum Gasteiger partial charge on any atom is 0.341 e. The molecule has 0 saturated heterocycles. The number of benzene rings is 1. The van der Waals surface area contributed by atoms with Crippen LogP contribution in [0.4, 0.5) is 8.78 Å². The van der Waals surface area contributed by atoms with Crippen molar-refractivity contribution in [1.29, 1.82) is 0 Å². The Morgan fingerprint density at radius 1 is 1.31 bits per heavy atom. The zero-order chi connectivity index (χ0) is 10.1. The van der Waals surface area contributed by atoms with Crippen LogP contribution in [0.3, 0.4) is 0 Å². The topological polar surface area (TPSA) is 34.1 Å². The Bertz CT molecular complexity index is 398. The molecule has 0 aromatic heterocycles. The lowest BCUT2D eigenvalue weighted by Crippen LogP contribution is -2.11.